The first-order valence-electron chi connectivity index (χ1n) is 7.54. The minimum atomic E-state index is -0.0683. The van der Waals surface area contributed by atoms with Gasteiger partial charge in [0.2, 0.25) is 5.91 Å². The first kappa shape index (κ1) is 14.6. The number of aromatic amines is 1. The fraction of sp³-hybridized carbons (Fsp3) is 0.353. The van der Waals surface area contributed by atoms with Gasteiger partial charge in [0.1, 0.15) is 5.75 Å². The van der Waals surface area contributed by atoms with Gasteiger partial charge in [0.05, 0.1) is 13.5 Å². The molecule has 1 radical (unpaired) electrons. The van der Waals surface area contributed by atoms with E-state index < -0.39 is 0 Å². The molecule has 1 aliphatic carbocycles. The van der Waals surface area contributed by atoms with Gasteiger partial charge in [-0.1, -0.05) is 12.1 Å². The van der Waals surface area contributed by atoms with E-state index in [9.17, 15) is 4.79 Å². The molecule has 0 saturated heterocycles. The highest BCUT2D eigenvalue weighted by molar-refractivity contribution is 5.91. The summed E-state index contributed by atoms with van der Waals surface area (Å²) in [4.78, 5) is 12.1. The van der Waals surface area contributed by atoms with Gasteiger partial charge in [-0.25, -0.2) is 0 Å². The minimum Gasteiger partial charge on any atom is -0.497 e. The zero-order chi connectivity index (χ0) is 15.4. The van der Waals surface area contributed by atoms with Gasteiger partial charge in [-0.15, -0.1) is 0 Å². The van der Waals surface area contributed by atoms with E-state index in [0.29, 0.717) is 18.2 Å². The van der Waals surface area contributed by atoms with Crippen molar-refractivity contribution in [1.82, 2.24) is 10.2 Å². The van der Waals surface area contributed by atoms with Gasteiger partial charge in [0.25, 0.3) is 0 Å². The topological polar surface area (TPSA) is 67.0 Å². The summed E-state index contributed by atoms with van der Waals surface area (Å²) in [6.45, 7) is 0. The second-order valence-corrected chi connectivity index (χ2v) is 5.58. The number of aromatic nitrogens is 2. The van der Waals surface area contributed by atoms with Crippen molar-refractivity contribution in [3.8, 4) is 5.75 Å². The van der Waals surface area contributed by atoms with E-state index in [1.54, 1.807) is 7.11 Å². The molecule has 1 amide bonds. The van der Waals surface area contributed by atoms with E-state index in [4.69, 9.17) is 4.74 Å². The molecular formula is C17H20N3O2. The molecule has 3 rings (SSSR count). The zero-order valence-electron chi connectivity index (χ0n) is 12.6. The first-order chi connectivity index (χ1) is 10.7. The summed E-state index contributed by atoms with van der Waals surface area (Å²) in [6.07, 6.45) is 6.02. The van der Waals surface area contributed by atoms with Crippen LogP contribution >= 0.6 is 0 Å². The van der Waals surface area contributed by atoms with Gasteiger partial charge in [0, 0.05) is 17.7 Å². The second kappa shape index (κ2) is 6.64. The summed E-state index contributed by atoms with van der Waals surface area (Å²) in [7, 11) is 1.62. The molecule has 5 heteroatoms. The highest BCUT2D eigenvalue weighted by Crippen LogP contribution is 2.33. The number of amides is 1. The third-order valence-electron chi connectivity index (χ3n) is 4.00. The molecule has 0 aliphatic heterocycles. The molecule has 1 aromatic heterocycles. The molecule has 0 unspecified atom stereocenters. The van der Waals surface area contributed by atoms with Crippen molar-refractivity contribution >= 4 is 11.7 Å². The number of H-pyrrole nitrogens is 1. The number of hydrogen-bond acceptors (Lipinski definition) is 3. The second-order valence-electron chi connectivity index (χ2n) is 5.58. The molecule has 0 bridgehead atoms. The number of anilines is 1. The largest absolute Gasteiger partial charge is 0.497 e. The SMILES string of the molecule is COc1ccc(CC(=O)Nc2cc([C@@H]3C[CH]CC3)[nH]n2)cc1. The van der Waals surface area contributed by atoms with Gasteiger partial charge in [-0.05, 0) is 43.4 Å². The van der Waals surface area contributed by atoms with Crippen LogP contribution in [-0.4, -0.2) is 23.2 Å². The van der Waals surface area contributed by atoms with E-state index in [0.717, 1.165) is 36.3 Å². The minimum absolute atomic E-state index is 0.0683. The van der Waals surface area contributed by atoms with E-state index >= 15 is 0 Å². The van der Waals surface area contributed by atoms with Crippen LogP contribution in [0.1, 0.15) is 36.4 Å². The van der Waals surface area contributed by atoms with Gasteiger partial charge in [-0.2, -0.15) is 5.10 Å². The van der Waals surface area contributed by atoms with Crippen LogP contribution in [0.15, 0.2) is 30.3 Å². The molecule has 1 atom stereocenters. The predicted molar refractivity (Wildman–Crippen MR) is 84.8 cm³/mol. The number of rotatable bonds is 5. The first-order valence-corrected chi connectivity index (χ1v) is 7.54. The summed E-state index contributed by atoms with van der Waals surface area (Å²) >= 11 is 0. The predicted octanol–water partition coefficient (Wildman–Crippen LogP) is 3.07. The highest BCUT2D eigenvalue weighted by atomic mass is 16.5. The normalized spacial score (nSPS) is 15.0. The Labute approximate surface area is 130 Å². The molecule has 5 nitrogen and oxygen atoms in total. The Kier molecular flexibility index (Phi) is 4.42. The van der Waals surface area contributed by atoms with E-state index in [2.05, 4.69) is 21.9 Å². The number of carbonyl (C=O) groups excluding carboxylic acids is 1. The van der Waals surface area contributed by atoms with E-state index in [-0.39, 0.29) is 5.91 Å². The number of carbonyl (C=O) groups is 1. The molecule has 1 saturated carbocycles. The number of nitrogens with one attached hydrogen (secondary N) is 2. The fourth-order valence-electron chi connectivity index (χ4n) is 2.76. The smallest absolute Gasteiger partial charge is 0.229 e. The molecule has 1 aromatic carbocycles. The molecule has 2 aromatic rings. The molecule has 1 aliphatic rings. The van der Waals surface area contributed by atoms with E-state index in [1.165, 1.54) is 0 Å². The molecular weight excluding hydrogens is 278 g/mol. The Bertz CT molecular complexity index is 628. The van der Waals surface area contributed by atoms with Crippen LogP contribution in [0.5, 0.6) is 5.75 Å². The van der Waals surface area contributed by atoms with Crippen LogP contribution in [0.3, 0.4) is 0 Å². The lowest BCUT2D eigenvalue weighted by molar-refractivity contribution is -0.115. The number of hydrogen-bond donors (Lipinski definition) is 2. The van der Waals surface area contributed by atoms with Gasteiger partial charge in [0.15, 0.2) is 5.82 Å². The maximum atomic E-state index is 12.1. The lowest BCUT2D eigenvalue weighted by Crippen LogP contribution is -2.14. The summed E-state index contributed by atoms with van der Waals surface area (Å²) in [5.74, 6) is 1.83. The summed E-state index contributed by atoms with van der Waals surface area (Å²) in [6, 6.07) is 9.43. The van der Waals surface area contributed by atoms with Crippen molar-refractivity contribution in [2.75, 3.05) is 12.4 Å². The maximum absolute atomic E-state index is 12.1. The number of ether oxygens (including phenoxy) is 1. The van der Waals surface area contributed by atoms with Gasteiger partial charge >= 0.3 is 0 Å². The van der Waals surface area contributed by atoms with Gasteiger partial charge in [-0.3, -0.25) is 9.89 Å². The average molecular weight is 298 g/mol. The summed E-state index contributed by atoms with van der Waals surface area (Å²) in [5.41, 5.74) is 2.05. The summed E-state index contributed by atoms with van der Waals surface area (Å²) < 4.78 is 5.10. The van der Waals surface area contributed by atoms with Crippen molar-refractivity contribution < 1.29 is 9.53 Å². The van der Waals surface area contributed by atoms with Crippen molar-refractivity contribution in [3.63, 3.8) is 0 Å². The molecule has 1 fully saturated rings. The zero-order valence-corrected chi connectivity index (χ0v) is 12.6. The highest BCUT2D eigenvalue weighted by Gasteiger charge is 2.19. The molecule has 2 N–H and O–H groups in total. The Hall–Kier alpha value is -2.30. The number of methoxy groups -OCH3 is 1. The Balaban J connectivity index is 1.56. The maximum Gasteiger partial charge on any atom is 0.229 e. The van der Waals surface area contributed by atoms with Crippen molar-refractivity contribution in [1.29, 1.82) is 0 Å². The molecule has 22 heavy (non-hydrogen) atoms. The van der Waals surface area contributed by atoms with Crippen LogP contribution in [-0.2, 0) is 11.2 Å². The Morgan fingerprint density at radius 2 is 2.23 bits per heavy atom. The third kappa shape index (κ3) is 3.47. The standard InChI is InChI=1S/C17H20N3O2/c1-22-14-8-6-12(7-9-14)10-17(21)18-16-11-15(19-20-16)13-4-2-3-5-13/h2,6-9,11,13H,3-5,10H2,1H3,(H2,18,19,20,21)/t13-/m1/s1. The average Bonchev–Trinajstić information content (AvgIpc) is 3.19. The summed E-state index contributed by atoms with van der Waals surface area (Å²) in [5, 5.41) is 10.0. The molecule has 0 spiro atoms. The number of benzene rings is 1. The monoisotopic (exact) mass is 298 g/mol. The Morgan fingerprint density at radius 1 is 1.41 bits per heavy atom. The van der Waals surface area contributed by atoms with Crippen LogP contribution in [0.4, 0.5) is 5.82 Å². The van der Waals surface area contributed by atoms with Crippen molar-refractivity contribution in [2.45, 2.75) is 31.6 Å². The van der Waals surface area contributed by atoms with Crippen molar-refractivity contribution in [3.05, 3.63) is 48.0 Å². The quantitative estimate of drug-likeness (QED) is 0.891. The fourth-order valence-corrected chi connectivity index (χ4v) is 2.76. The lowest BCUT2D eigenvalue weighted by Gasteiger charge is -2.04. The molecule has 115 valence electrons. The number of nitrogens with zero attached hydrogens (tertiary/aromatic N) is 1. The van der Waals surface area contributed by atoms with E-state index in [1.807, 2.05) is 30.3 Å². The van der Waals surface area contributed by atoms with Crippen LogP contribution in [0.25, 0.3) is 0 Å². The van der Waals surface area contributed by atoms with Crippen LogP contribution in [0, 0.1) is 6.42 Å². The van der Waals surface area contributed by atoms with Gasteiger partial charge < -0.3 is 10.1 Å². The van der Waals surface area contributed by atoms with Crippen LogP contribution in [0.2, 0.25) is 0 Å². The third-order valence-corrected chi connectivity index (χ3v) is 4.00. The molecule has 1 heterocycles. The van der Waals surface area contributed by atoms with Crippen molar-refractivity contribution in [2.24, 2.45) is 0 Å². The van der Waals surface area contributed by atoms with Crippen LogP contribution < -0.4 is 10.1 Å². The lowest BCUT2D eigenvalue weighted by atomic mass is 10.0. The Morgan fingerprint density at radius 3 is 2.91 bits per heavy atom.